The number of carbonyl (C=O) groups is 2. The number of aliphatic hydroxyl groups excluding tert-OH is 1. The molecular weight excluding hydrogens is 222 g/mol. The molecule has 1 unspecified atom stereocenters. The summed E-state index contributed by atoms with van der Waals surface area (Å²) in [6, 6.07) is -0.462. The van der Waals surface area contributed by atoms with Crippen molar-refractivity contribution in [1.82, 2.24) is 5.32 Å². The van der Waals surface area contributed by atoms with Crippen LogP contribution in [0.2, 0.25) is 0 Å². The second-order valence-electron chi connectivity index (χ2n) is 3.59. The largest absolute Gasteiger partial charge is 0.394 e. The molecule has 5 heteroatoms. The van der Waals surface area contributed by atoms with Crippen molar-refractivity contribution in [3.63, 3.8) is 0 Å². The molecule has 0 saturated heterocycles. The van der Waals surface area contributed by atoms with Crippen LogP contribution in [0.3, 0.4) is 0 Å². The Labute approximate surface area is 102 Å². The highest BCUT2D eigenvalue weighted by atomic mass is 16.5. The van der Waals surface area contributed by atoms with Crippen molar-refractivity contribution < 1.29 is 19.4 Å². The molecule has 0 aliphatic heterocycles. The highest BCUT2D eigenvalue weighted by Gasteiger charge is 2.13. The van der Waals surface area contributed by atoms with E-state index in [1.54, 1.807) is 19.1 Å². The molecule has 98 valence electrons. The summed E-state index contributed by atoms with van der Waals surface area (Å²) in [4.78, 5) is 22.4. The Kier molecular flexibility index (Phi) is 9.28. The minimum Gasteiger partial charge on any atom is -0.394 e. The van der Waals surface area contributed by atoms with Crippen LogP contribution in [0.15, 0.2) is 12.2 Å². The summed E-state index contributed by atoms with van der Waals surface area (Å²) in [5, 5.41) is 11.1. The van der Waals surface area contributed by atoms with Gasteiger partial charge in [-0.1, -0.05) is 19.1 Å². The maximum absolute atomic E-state index is 11.2. The zero-order chi connectivity index (χ0) is 13.1. The lowest BCUT2D eigenvalue weighted by Crippen LogP contribution is -2.38. The lowest BCUT2D eigenvalue weighted by molar-refractivity contribution is -0.126. The van der Waals surface area contributed by atoms with Crippen molar-refractivity contribution in [3.8, 4) is 0 Å². The van der Waals surface area contributed by atoms with E-state index in [9.17, 15) is 9.59 Å². The fourth-order valence-corrected chi connectivity index (χ4v) is 1.14. The lowest BCUT2D eigenvalue weighted by atomic mass is 10.1. The number of Topliss-reactive ketones (excluding diaryl/α,β-unsaturated/α-hetero) is 1. The Morgan fingerprint density at radius 2 is 2.12 bits per heavy atom. The fourth-order valence-electron chi connectivity index (χ4n) is 1.14. The molecule has 1 amide bonds. The summed E-state index contributed by atoms with van der Waals surface area (Å²) in [6.45, 7) is 3.89. The van der Waals surface area contributed by atoms with Gasteiger partial charge < -0.3 is 15.2 Å². The van der Waals surface area contributed by atoms with Crippen molar-refractivity contribution in [3.05, 3.63) is 12.2 Å². The molecule has 17 heavy (non-hydrogen) atoms. The van der Waals surface area contributed by atoms with E-state index in [1.807, 2.05) is 0 Å². The molecule has 0 spiro atoms. The Morgan fingerprint density at radius 3 is 2.65 bits per heavy atom. The van der Waals surface area contributed by atoms with Crippen molar-refractivity contribution in [2.75, 3.05) is 19.8 Å². The average molecular weight is 243 g/mol. The highest BCUT2D eigenvalue weighted by Crippen LogP contribution is 1.97. The molecule has 0 fully saturated rings. The first kappa shape index (κ1) is 15.8. The number of rotatable bonds is 9. The van der Waals surface area contributed by atoms with Crippen molar-refractivity contribution in [2.45, 2.75) is 32.7 Å². The monoisotopic (exact) mass is 243 g/mol. The third-order valence-corrected chi connectivity index (χ3v) is 2.14. The summed E-state index contributed by atoms with van der Waals surface area (Å²) in [5.41, 5.74) is 0. The van der Waals surface area contributed by atoms with Crippen LogP contribution >= 0.6 is 0 Å². The van der Waals surface area contributed by atoms with E-state index < -0.39 is 6.04 Å². The number of amides is 1. The van der Waals surface area contributed by atoms with E-state index in [-0.39, 0.29) is 18.3 Å². The van der Waals surface area contributed by atoms with E-state index in [0.29, 0.717) is 26.1 Å². The molecule has 0 heterocycles. The molecule has 0 rings (SSSR count). The molecule has 0 saturated carbocycles. The molecule has 0 aromatic rings. The Hall–Kier alpha value is -1.20. The third kappa shape index (κ3) is 8.59. The maximum Gasteiger partial charge on any atom is 0.220 e. The second kappa shape index (κ2) is 9.99. The molecular formula is C12H21NO4. The topological polar surface area (TPSA) is 75.6 Å². The first-order valence-electron chi connectivity index (χ1n) is 5.75. The van der Waals surface area contributed by atoms with E-state index >= 15 is 0 Å². The third-order valence-electron chi connectivity index (χ3n) is 2.14. The minimum atomic E-state index is -0.462. The Morgan fingerprint density at radius 1 is 1.41 bits per heavy atom. The van der Waals surface area contributed by atoms with Gasteiger partial charge >= 0.3 is 0 Å². The van der Waals surface area contributed by atoms with E-state index in [4.69, 9.17) is 9.84 Å². The first-order valence-corrected chi connectivity index (χ1v) is 5.75. The highest BCUT2D eigenvalue weighted by molar-refractivity contribution is 5.87. The van der Waals surface area contributed by atoms with Gasteiger partial charge in [0.05, 0.1) is 25.9 Å². The minimum absolute atomic E-state index is 0.00350. The van der Waals surface area contributed by atoms with Gasteiger partial charge in [0.25, 0.3) is 0 Å². The summed E-state index contributed by atoms with van der Waals surface area (Å²) in [7, 11) is 0. The normalized spacial score (nSPS) is 12.6. The molecule has 0 bridgehead atoms. The molecule has 0 radical (unpaired) electrons. The van der Waals surface area contributed by atoms with Gasteiger partial charge in [-0.25, -0.2) is 0 Å². The van der Waals surface area contributed by atoms with Crippen LogP contribution in [0.1, 0.15) is 26.7 Å². The van der Waals surface area contributed by atoms with Gasteiger partial charge in [0.2, 0.25) is 5.91 Å². The number of carbonyl (C=O) groups excluding carboxylic acids is 2. The number of aliphatic hydroxyl groups is 1. The van der Waals surface area contributed by atoms with Gasteiger partial charge in [-0.2, -0.15) is 0 Å². The standard InChI is InChI=1S/C12H21NO4/c1-3-12(16)13-11(10(2)15)6-4-5-8-17-9-7-14/h4-5,11,14H,3,6-9H2,1-2H3,(H,13,16)/b5-4+. The Balaban J connectivity index is 3.92. The molecule has 1 atom stereocenters. The second-order valence-corrected chi connectivity index (χ2v) is 3.59. The van der Waals surface area contributed by atoms with Gasteiger partial charge in [-0.05, 0) is 13.3 Å². The number of hydrogen-bond donors (Lipinski definition) is 2. The van der Waals surface area contributed by atoms with Crippen LogP contribution in [0.25, 0.3) is 0 Å². The van der Waals surface area contributed by atoms with E-state index in [0.717, 1.165) is 0 Å². The average Bonchev–Trinajstić information content (AvgIpc) is 2.31. The summed E-state index contributed by atoms with van der Waals surface area (Å²) in [5.74, 6) is -0.192. The van der Waals surface area contributed by atoms with Crippen molar-refractivity contribution in [1.29, 1.82) is 0 Å². The molecule has 0 aromatic carbocycles. The van der Waals surface area contributed by atoms with Gasteiger partial charge in [0.1, 0.15) is 0 Å². The van der Waals surface area contributed by atoms with Crippen LogP contribution in [0.4, 0.5) is 0 Å². The molecule has 0 aromatic heterocycles. The number of nitrogens with one attached hydrogen (secondary N) is 1. The Bertz CT molecular complexity index is 263. The quantitative estimate of drug-likeness (QED) is 0.455. The maximum atomic E-state index is 11.2. The van der Waals surface area contributed by atoms with E-state index in [1.165, 1.54) is 6.92 Å². The van der Waals surface area contributed by atoms with Crippen LogP contribution < -0.4 is 5.32 Å². The van der Waals surface area contributed by atoms with Crippen LogP contribution in [0.5, 0.6) is 0 Å². The zero-order valence-corrected chi connectivity index (χ0v) is 10.4. The first-order chi connectivity index (χ1) is 8.11. The van der Waals surface area contributed by atoms with E-state index in [2.05, 4.69) is 5.32 Å². The number of ether oxygens (including phenoxy) is 1. The van der Waals surface area contributed by atoms with Crippen molar-refractivity contribution in [2.24, 2.45) is 0 Å². The summed E-state index contributed by atoms with van der Waals surface area (Å²) >= 11 is 0. The molecule has 0 aliphatic rings. The zero-order valence-electron chi connectivity index (χ0n) is 10.4. The van der Waals surface area contributed by atoms with Gasteiger partial charge in [0.15, 0.2) is 5.78 Å². The fraction of sp³-hybridized carbons (Fsp3) is 0.667. The lowest BCUT2D eigenvalue weighted by Gasteiger charge is -2.13. The summed E-state index contributed by atoms with van der Waals surface area (Å²) < 4.78 is 5.02. The predicted octanol–water partition coefficient (Wildman–Crippen LogP) is 0.425. The van der Waals surface area contributed by atoms with Crippen LogP contribution in [-0.4, -0.2) is 42.7 Å². The van der Waals surface area contributed by atoms with Gasteiger partial charge in [-0.15, -0.1) is 0 Å². The SMILES string of the molecule is CCC(=O)NC(C/C=C/COCCO)C(C)=O. The smallest absolute Gasteiger partial charge is 0.220 e. The molecule has 5 nitrogen and oxygen atoms in total. The van der Waals surface area contributed by atoms with Gasteiger partial charge in [-0.3, -0.25) is 9.59 Å². The molecule has 0 aliphatic carbocycles. The van der Waals surface area contributed by atoms with Crippen molar-refractivity contribution >= 4 is 11.7 Å². The van der Waals surface area contributed by atoms with Crippen LogP contribution in [0, 0.1) is 0 Å². The number of hydrogen-bond acceptors (Lipinski definition) is 4. The number of ketones is 1. The summed E-state index contributed by atoms with van der Waals surface area (Å²) in [6.07, 6.45) is 4.39. The predicted molar refractivity (Wildman–Crippen MR) is 64.6 cm³/mol. The van der Waals surface area contributed by atoms with Gasteiger partial charge in [0, 0.05) is 6.42 Å². The van der Waals surface area contributed by atoms with Crippen LogP contribution in [-0.2, 0) is 14.3 Å². The molecule has 2 N–H and O–H groups in total.